The van der Waals surface area contributed by atoms with Crippen molar-refractivity contribution in [1.82, 2.24) is 5.32 Å². The van der Waals surface area contributed by atoms with Crippen molar-refractivity contribution >= 4 is 17.1 Å². The van der Waals surface area contributed by atoms with E-state index in [9.17, 15) is 0 Å². The summed E-state index contributed by atoms with van der Waals surface area (Å²) in [5.74, 6) is 0. The molecular formula is C6H11NS. The smallest absolute Gasteiger partial charge is 0.00842 e. The molecule has 1 aliphatic rings. The van der Waals surface area contributed by atoms with Crippen LogP contribution in [-0.2, 0) is 0 Å². The van der Waals surface area contributed by atoms with Gasteiger partial charge in [0.25, 0.3) is 0 Å². The van der Waals surface area contributed by atoms with Gasteiger partial charge in [0.1, 0.15) is 0 Å². The van der Waals surface area contributed by atoms with E-state index in [-0.39, 0.29) is 0 Å². The zero-order valence-electron chi connectivity index (χ0n) is 5.11. The Morgan fingerprint density at radius 1 is 1.75 bits per heavy atom. The van der Waals surface area contributed by atoms with Crippen molar-refractivity contribution in [2.75, 3.05) is 6.54 Å². The van der Waals surface area contributed by atoms with Gasteiger partial charge in [0.05, 0.1) is 0 Å². The first-order valence-corrected chi connectivity index (χ1v) is 3.45. The predicted octanol–water partition coefficient (Wildman–Crippen LogP) is 1.13. The fourth-order valence-corrected chi connectivity index (χ4v) is 1.33. The molecule has 0 amide bonds. The quantitative estimate of drug-likeness (QED) is 0.492. The summed E-state index contributed by atoms with van der Waals surface area (Å²) in [6.45, 7) is 3.26. The van der Waals surface area contributed by atoms with Gasteiger partial charge in [-0.3, -0.25) is 0 Å². The number of thiocarbonyl (C=S) groups is 1. The van der Waals surface area contributed by atoms with Gasteiger partial charge >= 0.3 is 0 Å². The first kappa shape index (κ1) is 6.17. The molecule has 1 aliphatic heterocycles. The third-order valence-corrected chi connectivity index (χ3v) is 1.80. The number of hydrogen-bond donors (Lipinski definition) is 1. The van der Waals surface area contributed by atoms with E-state index in [1.165, 1.54) is 4.86 Å². The average Bonchev–Trinajstić information content (AvgIpc) is 1.64. The largest absolute Gasteiger partial charge is 0.314 e. The topological polar surface area (TPSA) is 12.0 Å². The lowest BCUT2D eigenvalue weighted by Crippen LogP contribution is -2.35. The van der Waals surface area contributed by atoms with E-state index in [4.69, 9.17) is 12.2 Å². The molecule has 1 N–H and O–H groups in total. The average molecular weight is 129 g/mol. The van der Waals surface area contributed by atoms with E-state index in [1.54, 1.807) is 0 Å². The molecule has 0 radical (unpaired) electrons. The highest BCUT2D eigenvalue weighted by atomic mass is 32.1. The van der Waals surface area contributed by atoms with Crippen LogP contribution >= 0.6 is 12.2 Å². The third kappa shape index (κ3) is 1.53. The van der Waals surface area contributed by atoms with Gasteiger partial charge in [-0.15, -0.1) is 0 Å². The van der Waals surface area contributed by atoms with Gasteiger partial charge in [-0.25, -0.2) is 0 Å². The van der Waals surface area contributed by atoms with Crippen molar-refractivity contribution in [2.24, 2.45) is 0 Å². The highest BCUT2D eigenvalue weighted by Crippen LogP contribution is 2.03. The lowest BCUT2D eigenvalue weighted by Gasteiger charge is -2.19. The van der Waals surface area contributed by atoms with Crippen molar-refractivity contribution in [2.45, 2.75) is 25.8 Å². The van der Waals surface area contributed by atoms with Gasteiger partial charge in [-0.2, -0.15) is 0 Å². The second-order valence-corrected chi connectivity index (χ2v) is 2.93. The second-order valence-electron chi connectivity index (χ2n) is 2.35. The summed E-state index contributed by atoms with van der Waals surface area (Å²) in [4.78, 5) is 1.23. The van der Waals surface area contributed by atoms with Crippen LogP contribution in [0.25, 0.3) is 0 Å². The summed E-state index contributed by atoms with van der Waals surface area (Å²) >= 11 is 5.04. The highest BCUT2D eigenvalue weighted by Gasteiger charge is 2.09. The summed E-state index contributed by atoms with van der Waals surface area (Å²) in [6, 6.07) is 0.622. The molecule has 0 aromatic heterocycles. The SMILES string of the molecule is CC1CC(=S)CCN1. The van der Waals surface area contributed by atoms with Crippen molar-refractivity contribution in [1.29, 1.82) is 0 Å². The van der Waals surface area contributed by atoms with Crippen LogP contribution in [0.1, 0.15) is 19.8 Å². The van der Waals surface area contributed by atoms with Gasteiger partial charge in [-0.05, 0) is 31.2 Å². The standard InChI is InChI=1S/C6H11NS/c1-5-4-6(8)2-3-7-5/h5,7H,2-4H2,1H3. The minimum Gasteiger partial charge on any atom is -0.314 e. The van der Waals surface area contributed by atoms with Gasteiger partial charge in [0, 0.05) is 6.04 Å². The highest BCUT2D eigenvalue weighted by molar-refractivity contribution is 7.80. The van der Waals surface area contributed by atoms with E-state index < -0.39 is 0 Å². The predicted molar refractivity (Wildman–Crippen MR) is 39.3 cm³/mol. The molecule has 1 atom stereocenters. The Bertz CT molecular complexity index is 101. The van der Waals surface area contributed by atoms with Crippen LogP contribution in [0.5, 0.6) is 0 Å². The summed E-state index contributed by atoms with van der Waals surface area (Å²) in [7, 11) is 0. The second kappa shape index (κ2) is 2.55. The molecule has 1 saturated heterocycles. The Hall–Kier alpha value is 0.0500. The van der Waals surface area contributed by atoms with Gasteiger partial charge in [0.2, 0.25) is 0 Å². The van der Waals surface area contributed by atoms with Gasteiger partial charge in [0.15, 0.2) is 0 Å². The van der Waals surface area contributed by atoms with E-state index in [0.29, 0.717) is 6.04 Å². The summed E-state index contributed by atoms with van der Waals surface area (Å²) < 4.78 is 0. The van der Waals surface area contributed by atoms with Crippen molar-refractivity contribution in [3.05, 3.63) is 0 Å². The minimum absolute atomic E-state index is 0.622. The van der Waals surface area contributed by atoms with Crippen molar-refractivity contribution in [3.63, 3.8) is 0 Å². The molecule has 2 heteroatoms. The fraction of sp³-hybridized carbons (Fsp3) is 0.833. The summed E-state index contributed by atoms with van der Waals surface area (Å²) in [5.41, 5.74) is 0. The molecule has 0 aromatic carbocycles. The van der Waals surface area contributed by atoms with Gasteiger partial charge < -0.3 is 5.32 Å². The molecule has 1 nitrogen and oxygen atoms in total. The Balaban J connectivity index is 2.34. The van der Waals surface area contributed by atoms with Crippen LogP contribution < -0.4 is 5.32 Å². The van der Waals surface area contributed by atoms with Gasteiger partial charge in [-0.1, -0.05) is 12.2 Å². The third-order valence-electron chi connectivity index (χ3n) is 1.43. The van der Waals surface area contributed by atoms with Crippen LogP contribution in [0, 0.1) is 0 Å². The summed E-state index contributed by atoms with van der Waals surface area (Å²) in [5, 5.41) is 3.32. The normalized spacial score (nSPS) is 30.6. The van der Waals surface area contributed by atoms with Crippen molar-refractivity contribution < 1.29 is 0 Å². The lowest BCUT2D eigenvalue weighted by molar-refractivity contribution is 0.545. The Morgan fingerprint density at radius 2 is 2.50 bits per heavy atom. The fourth-order valence-electron chi connectivity index (χ4n) is 0.974. The molecule has 1 heterocycles. The Kier molecular flexibility index (Phi) is 1.97. The molecule has 0 bridgehead atoms. The Morgan fingerprint density at radius 3 is 2.88 bits per heavy atom. The molecule has 0 aromatic rings. The van der Waals surface area contributed by atoms with E-state index in [1.807, 2.05) is 0 Å². The maximum atomic E-state index is 5.04. The van der Waals surface area contributed by atoms with E-state index in [0.717, 1.165) is 19.4 Å². The van der Waals surface area contributed by atoms with E-state index in [2.05, 4.69) is 12.2 Å². The minimum atomic E-state index is 0.622. The Labute approximate surface area is 55.5 Å². The maximum Gasteiger partial charge on any atom is 0.00842 e. The molecule has 1 fully saturated rings. The van der Waals surface area contributed by atoms with Crippen LogP contribution in [0.4, 0.5) is 0 Å². The molecule has 0 spiro atoms. The van der Waals surface area contributed by atoms with E-state index >= 15 is 0 Å². The molecule has 8 heavy (non-hydrogen) atoms. The first-order chi connectivity index (χ1) is 3.79. The van der Waals surface area contributed by atoms with Crippen LogP contribution in [-0.4, -0.2) is 17.5 Å². The zero-order valence-corrected chi connectivity index (χ0v) is 5.92. The molecule has 46 valence electrons. The molecule has 1 unspecified atom stereocenters. The summed E-state index contributed by atoms with van der Waals surface area (Å²) in [6.07, 6.45) is 2.19. The lowest BCUT2D eigenvalue weighted by atomic mass is 10.1. The van der Waals surface area contributed by atoms with Crippen LogP contribution in [0.3, 0.4) is 0 Å². The zero-order chi connectivity index (χ0) is 5.98. The number of hydrogen-bond acceptors (Lipinski definition) is 2. The number of piperidine rings is 1. The maximum absolute atomic E-state index is 5.04. The number of rotatable bonds is 0. The molecule has 1 rings (SSSR count). The molecule has 0 saturated carbocycles. The molecule has 0 aliphatic carbocycles. The molecular weight excluding hydrogens is 118 g/mol. The monoisotopic (exact) mass is 129 g/mol. The number of nitrogens with one attached hydrogen (secondary N) is 1. The first-order valence-electron chi connectivity index (χ1n) is 3.04. The van der Waals surface area contributed by atoms with Crippen LogP contribution in [0.15, 0.2) is 0 Å². The van der Waals surface area contributed by atoms with Crippen molar-refractivity contribution in [3.8, 4) is 0 Å². The van der Waals surface area contributed by atoms with Crippen LogP contribution in [0.2, 0.25) is 0 Å².